The molecule has 1 N–H and O–H groups in total. The molecule has 34 heavy (non-hydrogen) atoms. The lowest BCUT2D eigenvalue weighted by Crippen LogP contribution is -2.45. The van der Waals surface area contributed by atoms with Crippen molar-refractivity contribution in [2.24, 2.45) is 0 Å². The molecule has 4 rings (SSSR count). The number of likely N-dealkylation sites (tertiary alicyclic amines) is 1. The number of amides is 2. The van der Waals surface area contributed by atoms with Gasteiger partial charge in [0.25, 0.3) is 0 Å². The molecule has 2 fully saturated rings. The van der Waals surface area contributed by atoms with Gasteiger partial charge in [-0.15, -0.1) is 0 Å². The Hall–Kier alpha value is -3.00. The van der Waals surface area contributed by atoms with Crippen LogP contribution in [-0.2, 0) is 11.3 Å². The number of ether oxygens (including phenoxy) is 3. The van der Waals surface area contributed by atoms with E-state index in [2.05, 4.69) is 5.32 Å². The summed E-state index contributed by atoms with van der Waals surface area (Å²) in [5.41, 5.74) is 2.25. The molecule has 184 valence electrons. The highest BCUT2D eigenvalue weighted by Crippen LogP contribution is 2.38. The first kappa shape index (κ1) is 24.1. The Morgan fingerprint density at radius 1 is 1.12 bits per heavy atom. The maximum Gasteiger partial charge on any atom is 0.318 e. The molecule has 0 aliphatic carbocycles. The van der Waals surface area contributed by atoms with Crippen LogP contribution in [0.3, 0.4) is 0 Å². The summed E-state index contributed by atoms with van der Waals surface area (Å²) in [5.74, 6) is 1.13. The average molecular weight is 472 g/mol. The van der Waals surface area contributed by atoms with Gasteiger partial charge in [0, 0.05) is 37.8 Å². The number of carbonyl (C=O) groups excluding carboxylic acids is 1. The lowest BCUT2D eigenvalue weighted by atomic mass is 10.0. The summed E-state index contributed by atoms with van der Waals surface area (Å²) in [6.07, 6.45) is 1.88. The van der Waals surface area contributed by atoms with Gasteiger partial charge >= 0.3 is 6.03 Å². The van der Waals surface area contributed by atoms with Crippen LogP contribution in [0.5, 0.6) is 11.5 Å². The van der Waals surface area contributed by atoms with Gasteiger partial charge in [-0.05, 0) is 56.5 Å². The molecule has 2 aliphatic rings. The highest BCUT2D eigenvalue weighted by Gasteiger charge is 2.32. The highest BCUT2D eigenvalue weighted by molar-refractivity contribution is 5.75. The summed E-state index contributed by atoms with van der Waals surface area (Å²) in [7, 11) is 3.23. The van der Waals surface area contributed by atoms with E-state index in [0.717, 1.165) is 24.0 Å². The molecule has 2 saturated heterocycles. The second-order valence-corrected chi connectivity index (χ2v) is 9.07. The Balaban J connectivity index is 1.41. The molecule has 2 aromatic rings. The standard InChI is InChI=1S/C26H34FN3O4/c1-17-15-29(16-18(2)34-17)24-10-7-19(12-22(24)27)14-28-26(31)30-11-5-6-23(30)21-9-8-20(32-3)13-25(21)33-4/h7-10,12-13,17-18,23H,5-6,11,14-16H2,1-4H3,(H,28,31). The third-order valence-electron chi connectivity index (χ3n) is 6.53. The highest BCUT2D eigenvalue weighted by atomic mass is 19.1. The summed E-state index contributed by atoms with van der Waals surface area (Å²) in [4.78, 5) is 16.9. The Labute approximate surface area is 200 Å². The molecule has 0 bridgehead atoms. The van der Waals surface area contributed by atoms with Gasteiger partial charge in [0.2, 0.25) is 0 Å². The molecular weight excluding hydrogens is 437 g/mol. The molecule has 2 amide bonds. The van der Waals surface area contributed by atoms with E-state index in [1.807, 2.05) is 47.9 Å². The molecular formula is C26H34FN3O4. The van der Waals surface area contributed by atoms with Crippen LogP contribution in [0.15, 0.2) is 36.4 Å². The summed E-state index contributed by atoms with van der Waals surface area (Å²) in [6.45, 7) is 6.22. The van der Waals surface area contributed by atoms with Crippen molar-refractivity contribution in [1.29, 1.82) is 0 Å². The van der Waals surface area contributed by atoms with Crippen molar-refractivity contribution in [2.75, 3.05) is 38.8 Å². The van der Waals surface area contributed by atoms with Crippen LogP contribution in [0.2, 0.25) is 0 Å². The zero-order valence-corrected chi connectivity index (χ0v) is 20.3. The van der Waals surface area contributed by atoms with E-state index >= 15 is 0 Å². The van der Waals surface area contributed by atoms with Crippen LogP contribution < -0.4 is 19.7 Å². The quantitative estimate of drug-likeness (QED) is 0.672. The largest absolute Gasteiger partial charge is 0.497 e. The summed E-state index contributed by atoms with van der Waals surface area (Å²) >= 11 is 0. The third-order valence-corrected chi connectivity index (χ3v) is 6.53. The van der Waals surface area contributed by atoms with Crippen molar-refractivity contribution in [3.05, 3.63) is 53.3 Å². The first-order chi connectivity index (χ1) is 16.4. The number of halogens is 1. The van der Waals surface area contributed by atoms with E-state index < -0.39 is 0 Å². The summed E-state index contributed by atoms with van der Waals surface area (Å²) < 4.78 is 31.5. The van der Waals surface area contributed by atoms with Crippen molar-refractivity contribution in [3.8, 4) is 11.5 Å². The van der Waals surface area contributed by atoms with Crippen molar-refractivity contribution >= 4 is 11.7 Å². The molecule has 0 aromatic heterocycles. The van der Waals surface area contributed by atoms with Crippen molar-refractivity contribution in [2.45, 2.75) is 51.5 Å². The summed E-state index contributed by atoms with van der Waals surface area (Å²) in [6, 6.07) is 10.6. The minimum atomic E-state index is -0.282. The van der Waals surface area contributed by atoms with Gasteiger partial charge in [0.15, 0.2) is 0 Å². The van der Waals surface area contributed by atoms with E-state index in [1.54, 1.807) is 20.3 Å². The molecule has 0 radical (unpaired) electrons. The number of nitrogens with one attached hydrogen (secondary N) is 1. The van der Waals surface area contributed by atoms with Crippen molar-refractivity contribution in [1.82, 2.24) is 10.2 Å². The average Bonchev–Trinajstić information content (AvgIpc) is 3.31. The van der Waals surface area contributed by atoms with Gasteiger partial charge in [-0.2, -0.15) is 0 Å². The minimum absolute atomic E-state index is 0.0554. The fourth-order valence-electron chi connectivity index (χ4n) is 5.00. The van der Waals surface area contributed by atoms with E-state index in [4.69, 9.17) is 14.2 Å². The Morgan fingerprint density at radius 2 is 1.88 bits per heavy atom. The normalized spacial score (nSPS) is 22.6. The number of benzene rings is 2. The fraction of sp³-hybridized carbons (Fsp3) is 0.500. The SMILES string of the molecule is COc1ccc(C2CCCN2C(=O)NCc2ccc(N3CC(C)OC(C)C3)c(F)c2)c(OC)c1. The number of urea groups is 1. The number of morpholine rings is 1. The number of hydrogen-bond donors (Lipinski definition) is 1. The maximum atomic E-state index is 14.9. The topological polar surface area (TPSA) is 63.3 Å². The first-order valence-corrected chi connectivity index (χ1v) is 11.8. The van der Waals surface area contributed by atoms with Crippen molar-refractivity contribution < 1.29 is 23.4 Å². The minimum Gasteiger partial charge on any atom is -0.497 e. The molecule has 3 atom stereocenters. The van der Waals surface area contributed by atoms with Crippen LogP contribution in [0.25, 0.3) is 0 Å². The van der Waals surface area contributed by atoms with Crippen LogP contribution >= 0.6 is 0 Å². The van der Waals surface area contributed by atoms with Gasteiger partial charge in [-0.1, -0.05) is 6.07 Å². The van der Waals surface area contributed by atoms with Crippen LogP contribution in [-0.4, -0.2) is 57.0 Å². The second kappa shape index (κ2) is 10.5. The number of carbonyl (C=O) groups is 1. The zero-order chi connectivity index (χ0) is 24.2. The van der Waals surface area contributed by atoms with Gasteiger partial charge in [-0.25, -0.2) is 9.18 Å². The smallest absolute Gasteiger partial charge is 0.318 e. The molecule has 3 unspecified atom stereocenters. The van der Waals surface area contributed by atoms with Gasteiger partial charge < -0.3 is 29.3 Å². The van der Waals surface area contributed by atoms with E-state index in [9.17, 15) is 9.18 Å². The number of anilines is 1. The number of rotatable bonds is 6. The Bertz CT molecular complexity index is 1010. The van der Waals surface area contributed by atoms with Crippen LogP contribution in [0, 0.1) is 5.82 Å². The lowest BCUT2D eigenvalue weighted by molar-refractivity contribution is -0.00539. The molecule has 2 aromatic carbocycles. The number of hydrogen-bond acceptors (Lipinski definition) is 5. The third kappa shape index (κ3) is 5.22. The van der Waals surface area contributed by atoms with Crippen LogP contribution in [0.4, 0.5) is 14.9 Å². The van der Waals surface area contributed by atoms with E-state index in [1.165, 1.54) is 6.07 Å². The maximum absolute atomic E-state index is 14.9. The van der Waals surface area contributed by atoms with Crippen LogP contribution in [0.1, 0.15) is 43.9 Å². The molecule has 7 nitrogen and oxygen atoms in total. The monoisotopic (exact) mass is 471 g/mol. The van der Waals surface area contributed by atoms with Gasteiger partial charge in [-0.3, -0.25) is 0 Å². The number of methoxy groups -OCH3 is 2. The first-order valence-electron chi connectivity index (χ1n) is 11.8. The lowest BCUT2D eigenvalue weighted by Gasteiger charge is -2.37. The molecule has 2 heterocycles. The molecule has 2 aliphatic heterocycles. The predicted octanol–water partition coefficient (Wildman–Crippen LogP) is 4.50. The van der Waals surface area contributed by atoms with Gasteiger partial charge in [0.1, 0.15) is 17.3 Å². The summed E-state index contributed by atoms with van der Waals surface area (Å²) in [5, 5.41) is 2.96. The molecule has 0 saturated carbocycles. The molecule has 0 spiro atoms. The van der Waals surface area contributed by atoms with Gasteiger partial charge in [0.05, 0.1) is 38.2 Å². The zero-order valence-electron chi connectivity index (χ0n) is 20.3. The van der Waals surface area contributed by atoms with E-state index in [0.29, 0.717) is 36.8 Å². The second-order valence-electron chi connectivity index (χ2n) is 9.07. The molecule has 8 heteroatoms. The predicted molar refractivity (Wildman–Crippen MR) is 129 cm³/mol. The van der Waals surface area contributed by atoms with Crippen molar-refractivity contribution in [3.63, 3.8) is 0 Å². The van der Waals surface area contributed by atoms with E-state index in [-0.39, 0.29) is 36.6 Å². The fourth-order valence-corrected chi connectivity index (χ4v) is 5.00. The number of nitrogens with zero attached hydrogens (tertiary/aromatic N) is 2. The Kier molecular flexibility index (Phi) is 7.46. The Morgan fingerprint density at radius 3 is 2.56 bits per heavy atom.